The van der Waals surface area contributed by atoms with Crippen molar-refractivity contribution in [3.63, 3.8) is 0 Å². The van der Waals surface area contributed by atoms with Crippen LogP contribution in [-0.2, 0) is 6.61 Å². The minimum absolute atomic E-state index is 0.145. The first kappa shape index (κ1) is 22.0. The molecule has 1 heterocycles. The fourth-order valence-electron chi connectivity index (χ4n) is 3.09. The van der Waals surface area contributed by atoms with Crippen molar-refractivity contribution in [2.75, 3.05) is 12.4 Å². The summed E-state index contributed by atoms with van der Waals surface area (Å²) in [4.78, 5) is 12.5. The SMILES string of the molecule is COc1cccc(COc2ccc3[nH]nc(NC(=O)c4ccc(OC(F)(F)F)cc4)c3c2)c1. The summed E-state index contributed by atoms with van der Waals surface area (Å²) in [6.45, 7) is 0.314. The number of alkyl halides is 3. The first-order chi connectivity index (χ1) is 15.8. The highest BCUT2D eigenvalue weighted by atomic mass is 19.4. The Morgan fingerprint density at radius 3 is 2.48 bits per heavy atom. The van der Waals surface area contributed by atoms with Gasteiger partial charge in [0.1, 0.15) is 23.9 Å². The number of H-pyrrole nitrogens is 1. The molecule has 0 atom stereocenters. The molecule has 1 amide bonds. The molecule has 0 fully saturated rings. The molecule has 0 aliphatic heterocycles. The van der Waals surface area contributed by atoms with Gasteiger partial charge in [-0.3, -0.25) is 9.89 Å². The molecule has 4 rings (SSSR count). The molecule has 1 aromatic heterocycles. The van der Waals surface area contributed by atoms with Crippen LogP contribution in [0.5, 0.6) is 17.2 Å². The molecule has 4 aromatic rings. The molecule has 0 bridgehead atoms. The van der Waals surface area contributed by atoms with Crippen molar-refractivity contribution in [2.45, 2.75) is 13.0 Å². The van der Waals surface area contributed by atoms with E-state index < -0.39 is 18.0 Å². The normalized spacial score (nSPS) is 11.3. The number of rotatable bonds is 7. The van der Waals surface area contributed by atoms with E-state index in [1.807, 2.05) is 24.3 Å². The standard InChI is InChI=1S/C23H18F3N3O4/c1-31-17-4-2-3-14(11-17)13-32-18-9-10-20-19(12-18)21(29-28-20)27-22(30)15-5-7-16(8-6-15)33-23(24,25)26/h2-12H,13H2,1H3,(H2,27,28,29,30). The maximum atomic E-state index is 12.5. The van der Waals surface area contributed by atoms with Crippen LogP contribution >= 0.6 is 0 Å². The Morgan fingerprint density at radius 1 is 1.00 bits per heavy atom. The predicted molar refractivity (Wildman–Crippen MR) is 114 cm³/mol. The molecule has 7 nitrogen and oxygen atoms in total. The number of nitrogens with one attached hydrogen (secondary N) is 2. The number of hydrogen-bond donors (Lipinski definition) is 2. The monoisotopic (exact) mass is 457 g/mol. The van der Waals surface area contributed by atoms with E-state index in [1.54, 1.807) is 25.3 Å². The van der Waals surface area contributed by atoms with Crippen LogP contribution in [0.4, 0.5) is 19.0 Å². The molecule has 3 aromatic carbocycles. The number of carbonyl (C=O) groups is 1. The van der Waals surface area contributed by atoms with Crippen molar-refractivity contribution in [1.29, 1.82) is 0 Å². The number of aromatic nitrogens is 2. The summed E-state index contributed by atoms with van der Waals surface area (Å²) in [6.07, 6.45) is -4.80. The third-order valence-corrected chi connectivity index (χ3v) is 4.66. The van der Waals surface area contributed by atoms with E-state index >= 15 is 0 Å². The molecule has 0 spiro atoms. The minimum atomic E-state index is -4.80. The highest BCUT2D eigenvalue weighted by Crippen LogP contribution is 2.27. The lowest BCUT2D eigenvalue weighted by Crippen LogP contribution is -2.17. The molecule has 33 heavy (non-hydrogen) atoms. The number of nitrogens with zero attached hydrogens (tertiary/aromatic N) is 1. The van der Waals surface area contributed by atoms with Gasteiger partial charge in [-0.25, -0.2) is 0 Å². The van der Waals surface area contributed by atoms with E-state index in [2.05, 4.69) is 20.3 Å². The maximum absolute atomic E-state index is 12.5. The van der Waals surface area contributed by atoms with Gasteiger partial charge in [-0.05, 0) is 60.2 Å². The summed E-state index contributed by atoms with van der Waals surface area (Å²) >= 11 is 0. The molecule has 0 saturated heterocycles. The number of fused-ring (bicyclic) bond motifs is 1. The van der Waals surface area contributed by atoms with Gasteiger partial charge in [-0.15, -0.1) is 13.2 Å². The van der Waals surface area contributed by atoms with E-state index in [0.717, 1.165) is 23.4 Å². The quantitative estimate of drug-likeness (QED) is 0.393. The first-order valence-electron chi connectivity index (χ1n) is 9.72. The average Bonchev–Trinajstić information content (AvgIpc) is 3.19. The van der Waals surface area contributed by atoms with Crippen LogP contribution in [0.3, 0.4) is 0 Å². The van der Waals surface area contributed by atoms with Crippen LogP contribution in [-0.4, -0.2) is 29.6 Å². The van der Waals surface area contributed by atoms with Crippen LogP contribution in [0.15, 0.2) is 66.7 Å². The number of amides is 1. The molecular formula is C23H18F3N3O4. The van der Waals surface area contributed by atoms with Crippen molar-refractivity contribution in [3.05, 3.63) is 77.9 Å². The lowest BCUT2D eigenvalue weighted by molar-refractivity contribution is -0.274. The van der Waals surface area contributed by atoms with Gasteiger partial charge in [0, 0.05) is 10.9 Å². The molecule has 170 valence electrons. The molecule has 0 aliphatic carbocycles. The number of aromatic amines is 1. The average molecular weight is 457 g/mol. The Labute approximate surface area is 186 Å². The topological polar surface area (TPSA) is 85.5 Å². The number of carbonyl (C=O) groups excluding carboxylic acids is 1. The van der Waals surface area contributed by atoms with Gasteiger partial charge in [0.15, 0.2) is 5.82 Å². The number of hydrogen-bond acceptors (Lipinski definition) is 5. The Morgan fingerprint density at radius 2 is 1.76 bits per heavy atom. The molecule has 0 unspecified atom stereocenters. The van der Waals surface area contributed by atoms with Crippen LogP contribution in [0.2, 0.25) is 0 Å². The fourth-order valence-corrected chi connectivity index (χ4v) is 3.09. The van der Waals surface area contributed by atoms with Gasteiger partial charge in [0.2, 0.25) is 0 Å². The zero-order chi connectivity index (χ0) is 23.4. The number of benzene rings is 3. The Bertz CT molecular complexity index is 1270. The highest BCUT2D eigenvalue weighted by Gasteiger charge is 2.31. The largest absolute Gasteiger partial charge is 0.573 e. The summed E-state index contributed by atoms with van der Waals surface area (Å²) in [5.74, 6) is 0.601. The second-order valence-corrected chi connectivity index (χ2v) is 6.95. The van der Waals surface area contributed by atoms with Gasteiger partial charge in [0.05, 0.1) is 12.6 Å². The summed E-state index contributed by atoms with van der Waals surface area (Å²) in [6, 6.07) is 17.3. The van der Waals surface area contributed by atoms with Crippen LogP contribution in [0.1, 0.15) is 15.9 Å². The minimum Gasteiger partial charge on any atom is -0.497 e. The lowest BCUT2D eigenvalue weighted by atomic mass is 10.2. The van der Waals surface area contributed by atoms with E-state index in [0.29, 0.717) is 23.3 Å². The van der Waals surface area contributed by atoms with Crippen molar-refractivity contribution >= 4 is 22.6 Å². The van der Waals surface area contributed by atoms with Crippen LogP contribution in [0, 0.1) is 0 Å². The summed E-state index contributed by atoms with van der Waals surface area (Å²) in [5.41, 5.74) is 1.74. The zero-order valence-corrected chi connectivity index (χ0v) is 17.3. The van der Waals surface area contributed by atoms with Gasteiger partial charge >= 0.3 is 6.36 Å². The van der Waals surface area contributed by atoms with E-state index in [1.165, 1.54) is 12.1 Å². The molecule has 0 aliphatic rings. The van der Waals surface area contributed by atoms with Crippen molar-refractivity contribution in [2.24, 2.45) is 0 Å². The third-order valence-electron chi connectivity index (χ3n) is 4.66. The zero-order valence-electron chi connectivity index (χ0n) is 17.3. The van der Waals surface area contributed by atoms with Crippen molar-refractivity contribution < 1.29 is 32.2 Å². The third kappa shape index (κ3) is 5.53. The smallest absolute Gasteiger partial charge is 0.497 e. The van der Waals surface area contributed by atoms with Crippen LogP contribution in [0.25, 0.3) is 10.9 Å². The van der Waals surface area contributed by atoms with E-state index in [4.69, 9.17) is 9.47 Å². The first-order valence-corrected chi connectivity index (χ1v) is 9.72. The summed E-state index contributed by atoms with van der Waals surface area (Å²) in [7, 11) is 1.59. The molecule has 10 heteroatoms. The van der Waals surface area contributed by atoms with E-state index in [-0.39, 0.29) is 11.4 Å². The fraction of sp³-hybridized carbons (Fsp3) is 0.130. The molecular weight excluding hydrogens is 439 g/mol. The molecule has 0 saturated carbocycles. The number of methoxy groups -OCH3 is 1. The Hall–Kier alpha value is -4.21. The number of ether oxygens (including phenoxy) is 3. The van der Waals surface area contributed by atoms with Gasteiger partial charge in [0.25, 0.3) is 5.91 Å². The predicted octanol–water partition coefficient (Wildman–Crippen LogP) is 5.30. The molecule has 0 radical (unpaired) electrons. The van der Waals surface area contributed by atoms with Crippen LogP contribution < -0.4 is 19.5 Å². The molecule has 2 N–H and O–H groups in total. The van der Waals surface area contributed by atoms with Crippen molar-refractivity contribution in [1.82, 2.24) is 10.2 Å². The summed E-state index contributed by atoms with van der Waals surface area (Å²) < 4.78 is 51.7. The highest BCUT2D eigenvalue weighted by molar-refractivity contribution is 6.08. The van der Waals surface area contributed by atoms with Gasteiger partial charge in [-0.2, -0.15) is 5.10 Å². The Balaban J connectivity index is 1.46. The summed E-state index contributed by atoms with van der Waals surface area (Å²) in [5, 5.41) is 10.2. The maximum Gasteiger partial charge on any atom is 0.573 e. The lowest BCUT2D eigenvalue weighted by Gasteiger charge is -2.09. The van der Waals surface area contributed by atoms with Crippen molar-refractivity contribution in [3.8, 4) is 17.2 Å². The number of anilines is 1. The number of halogens is 3. The van der Waals surface area contributed by atoms with E-state index in [9.17, 15) is 18.0 Å². The van der Waals surface area contributed by atoms with Gasteiger partial charge < -0.3 is 19.5 Å². The second-order valence-electron chi connectivity index (χ2n) is 6.95. The second kappa shape index (κ2) is 9.11. The van der Waals surface area contributed by atoms with Gasteiger partial charge in [-0.1, -0.05) is 12.1 Å². The Kier molecular flexibility index (Phi) is 6.07.